The molecule has 0 radical (unpaired) electrons. The number of aromatic nitrogens is 2. The highest BCUT2D eigenvalue weighted by atomic mass is 35.5. The molecule has 1 amide bonds. The van der Waals surface area contributed by atoms with Gasteiger partial charge in [-0.2, -0.15) is 4.37 Å². The average Bonchev–Trinajstić information content (AvgIpc) is 3.56. The molecule has 272 valence electrons. The lowest BCUT2D eigenvalue weighted by molar-refractivity contribution is 0.0410. The second kappa shape index (κ2) is 16.4. The number of nitrogens with zero attached hydrogens (tertiary/aromatic N) is 4. The number of hydrogen-bond donors (Lipinski definition) is 0. The van der Waals surface area contributed by atoms with Gasteiger partial charge in [0, 0.05) is 42.4 Å². The number of benzene rings is 2. The van der Waals surface area contributed by atoms with Crippen molar-refractivity contribution in [3.8, 4) is 11.5 Å². The number of sulfonamides is 1. The van der Waals surface area contributed by atoms with Crippen molar-refractivity contribution in [2.75, 3.05) is 36.6 Å². The summed E-state index contributed by atoms with van der Waals surface area (Å²) in [5.41, 5.74) is -0.352. The molecule has 1 heterocycles. The molecule has 3 rings (SSSR count). The van der Waals surface area contributed by atoms with Gasteiger partial charge < -0.3 is 18.6 Å². The van der Waals surface area contributed by atoms with Crippen LogP contribution in [0.3, 0.4) is 0 Å². The van der Waals surface area contributed by atoms with Gasteiger partial charge in [-0.1, -0.05) is 39.3 Å². The molecule has 0 N–H and O–H groups in total. The SMILES string of the molecule is CCC(C)(C)OC(=O)N(CCCCO[Si](C)(C)C(C)(C)C)c1cc(F)c(S(=O)(=O)N(Cc2ccc(OC)cc2OC)c2ncns2)cc1Cl. The lowest BCUT2D eigenvalue weighted by Crippen LogP contribution is -2.41. The maximum atomic E-state index is 16.1. The molecule has 1 aromatic heterocycles. The third kappa shape index (κ3) is 10.1. The molecule has 11 nitrogen and oxygen atoms in total. The van der Waals surface area contributed by atoms with Crippen molar-refractivity contribution < 1.29 is 36.2 Å². The van der Waals surface area contributed by atoms with Gasteiger partial charge in [0.25, 0.3) is 10.0 Å². The van der Waals surface area contributed by atoms with E-state index in [0.29, 0.717) is 42.9 Å². The lowest BCUT2D eigenvalue weighted by Gasteiger charge is -2.36. The number of hydrogen-bond acceptors (Lipinski definition) is 10. The Kier molecular flexibility index (Phi) is 13.5. The molecule has 0 aliphatic carbocycles. The number of carbonyl (C=O) groups excluding carboxylic acids is 1. The van der Waals surface area contributed by atoms with E-state index in [4.69, 9.17) is 30.2 Å². The predicted molar refractivity (Wildman–Crippen MR) is 195 cm³/mol. The Morgan fingerprint density at radius 3 is 2.33 bits per heavy atom. The molecule has 0 spiro atoms. The summed E-state index contributed by atoms with van der Waals surface area (Å²) in [6.07, 6.45) is 2.15. The van der Waals surface area contributed by atoms with Gasteiger partial charge in [0.15, 0.2) is 8.32 Å². The zero-order chi connectivity index (χ0) is 36.8. The fourth-order valence-electron chi connectivity index (χ4n) is 4.30. The van der Waals surface area contributed by atoms with Gasteiger partial charge in [-0.05, 0) is 69.4 Å². The molecule has 0 aliphatic rings. The molecule has 0 aliphatic heterocycles. The molecule has 49 heavy (non-hydrogen) atoms. The average molecular weight is 759 g/mol. The lowest BCUT2D eigenvalue weighted by atomic mass is 10.1. The molecule has 0 fully saturated rings. The van der Waals surface area contributed by atoms with Crippen molar-refractivity contribution in [3.05, 3.63) is 53.1 Å². The van der Waals surface area contributed by atoms with Crippen molar-refractivity contribution in [2.24, 2.45) is 0 Å². The fraction of sp³-hybridized carbons (Fsp3) is 0.545. The van der Waals surface area contributed by atoms with Gasteiger partial charge >= 0.3 is 6.09 Å². The van der Waals surface area contributed by atoms with Crippen LogP contribution < -0.4 is 18.7 Å². The van der Waals surface area contributed by atoms with Crippen LogP contribution in [0.1, 0.15) is 66.4 Å². The van der Waals surface area contributed by atoms with E-state index in [1.807, 2.05) is 6.92 Å². The summed E-state index contributed by atoms with van der Waals surface area (Å²) in [5.74, 6) is -0.242. The summed E-state index contributed by atoms with van der Waals surface area (Å²) in [6.45, 7) is 16.6. The van der Waals surface area contributed by atoms with Gasteiger partial charge in [-0.3, -0.25) is 4.90 Å². The van der Waals surface area contributed by atoms with E-state index < -0.39 is 40.7 Å². The molecule has 0 bridgehead atoms. The zero-order valence-corrected chi connectivity index (χ0v) is 33.3. The van der Waals surface area contributed by atoms with E-state index in [1.165, 1.54) is 25.4 Å². The number of rotatable bonds is 16. The highest BCUT2D eigenvalue weighted by Crippen LogP contribution is 2.38. The molecule has 3 aromatic rings. The van der Waals surface area contributed by atoms with Crippen molar-refractivity contribution in [3.63, 3.8) is 0 Å². The second-order valence-corrected chi connectivity index (χ2v) is 21.4. The summed E-state index contributed by atoms with van der Waals surface area (Å²) in [6, 6.07) is 6.87. The monoisotopic (exact) mass is 758 g/mol. The number of unbranched alkanes of at least 4 members (excludes halogenated alkanes) is 1. The Bertz CT molecular complexity index is 1690. The number of anilines is 2. The summed E-state index contributed by atoms with van der Waals surface area (Å²) >= 11 is 7.52. The first kappa shape index (κ1) is 40.4. The largest absolute Gasteiger partial charge is 0.497 e. The minimum Gasteiger partial charge on any atom is -0.497 e. The Morgan fingerprint density at radius 2 is 1.76 bits per heavy atom. The molecule has 0 saturated heterocycles. The summed E-state index contributed by atoms with van der Waals surface area (Å²) < 4.78 is 72.1. The van der Waals surface area contributed by atoms with Crippen LogP contribution in [0.5, 0.6) is 11.5 Å². The van der Waals surface area contributed by atoms with E-state index >= 15 is 4.39 Å². The normalized spacial score (nSPS) is 12.5. The van der Waals surface area contributed by atoms with Gasteiger partial charge in [-0.25, -0.2) is 26.9 Å². The molecular weight excluding hydrogens is 711 g/mol. The number of methoxy groups -OCH3 is 2. The Hall–Kier alpha value is -2.98. The van der Waals surface area contributed by atoms with Crippen molar-refractivity contribution >= 4 is 58.4 Å². The summed E-state index contributed by atoms with van der Waals surface area (Å²) in [5, 5.41) is -0.0963. The fourth-order valence-corrected chi connectivity index (χ4v) is 7.92. The Morgan fingerprint density at radius 1 is 1.06 bits per heavy atom. The maximum Gasteiger partial charge on any atom is 0.414 e. The Balaban J connectivity index is 1.98. The van der Waals surface area contributed by atoms with Gasteiger partial charge in [0.2, 0.25) is 5.13 Å². The van der Waals surface area contributed by atoms with Crippen LogP contribution in [0.4, 0.5) is 20.0 Å². The van der Waals surface area contributed by atoms with E-state index in [-0.39, 0.29) is 34.0 Å². The van der Waals surface area contributed by atoms with E-state index in [9.17, 15) is 13.2 Å². The Labute approximate surface area is 300 Å². The third-order valence-electron chi connectivity index (χ3n) is 8.71. The van der Waals surface area contributed by atoms with Crippen LogP contribution in [-0.4, -0.2) is 65.2 Å². The number of halogens is 2. The topological polar surface area (TPSA) is 120 Å². The van der Waals surface area contributed by atoms with Crippen LogP contribution in [0.25, 0.3) is 0 Å². The second-order valence-electron chi connectivity index (χ2n) is 13.6. The van der Waals surface area contributed by atoms with Crippen LogP contribution >= 0.6 is 23.1 Å². The molecule has 0 saturated carbocycles. The van der Waals surface area contributed by atoms with Crippen LogP contribution in [0, 0.1) is 5.82 Å². The molecule has 16 heteroatoms. The van der Waals surface area contributed by atoms with E-state index in [1.54, 1.807) is 32.0 Å². The molecular formula is C33H48ClFN4O7S2Si. The maximum absolute atomic E-state index is 16.1. The van der Waals surface area contributed by atoms with Gasteiger partial charge in [0.1, 0.15) is 34.1 Å². The number of carbonyl (C=O) groups is 1. The minimum atomic E-state index is -4.61. The molecule has 0 unspecified atom stereocenters. The van der Waals surface area contributed by atoms with Crippen molar-refractivity contribution in [1.29, 1.82) is 0 Å². The summed E-state index contributed by atoms with van der Waals surface area (Å²) in [4.78, 5) is 18.2. The summed E-state index contributed by atoms with van der Waals surface area (Å²) in [7, 11) is -3.64. The van der Waals surface area contributed by atoms with E-state index in [0.717, 1.165) is 28.0 Å². The number of ether oxygens (including phenoxy) is 3. The number of amides is 1. The van der Waals surface area contributed by atoms with Crippen LogP contribution in [0.15, 0.2) is 41.6 Å². The standard InChI is InChI=1S/C33H48ClFN4O7S2Si/c1-11-33(5,6)46-31(40)38(16-12-13-17-45-49(9,10)32(2,3)4)27-20-26(35)29(19-25(27)34)48(41,42)39(30-36-22-37-47-30)21-23-14-15-24(43-7)18-28(23)44-8/h14-15,18-20,22H,11-13,16-17,21H2,1-10H3. The first-order valence-corrected chi connectivity index (χ1v) is 21.4. The molecule has 0 atom stereocenters. The van der Waals surface area contributed by atoms with Crippen LogP contribution in [0.2, 0.25) is 23.2 Å². The first-order valence-electron chi connectivity index (χ1n) is 15.9. The first-order chi connectivity index (χ1) is 22.8. The molecule has 2 aromatic carbocycles. The predicted octanol–water partition coefficient (Wildman–Crippen LogP) is 8.68. The smallest absolute Gasteiger partial charge is 0.414 e. The van der Waals surface area contributed by atoms with Crippen LogP contribution in [-0.2, 0) is 25.7 Å². The third-order valence-corrected chi connectivity index (χ3v) is 16.1. The highest BCUT2D eigenvalue weighted by molar-refractivity contribution is 7.93. The van der Waals surface area contributed by atoms with Crippen molar-refractivity contribution in [1.82, 2.24) is 9.36 Å². The highest BCUT2D eigenvalue weighted by Gasteiger charge is 2.37. The van der Waals surface area contributed by atoms with Crippen molar-refractivity contribution in [2.45, 2.75) is 96.0 Å². The van der Waals surface area contributed by atoms with Gasteiger partial charge in [0.05, 0.1) is 31.5 Å². The zero-order valence-electron chi connectivity index (χ0n) is 29.9. The minimum absolute atomic E-state index is 0.00406. The van der Waals surface area contributed by atoms with E-state index in [2.05, 4.69) is 43.2 Å². The quantitative estimate of drug-likeness (QED) is 0.104. The van der Waals surface area contributed by atoms with Gasteiger partial charge in [-0.15, -0.1) is 0 Å².